The zero-order chi connectivity index (χ0) is 13.7. The van der Waals surface area contributed by atoms with Crippen LogP contribution in [0.2, 0.25) is 0 Å². The fraction of sp³-hybridized carbons (Fsp3) is 0.692. The highest BCUT2D eigenvalue weighted by atomic mass is 32.1. The molecule has 1 N–H and O–H groups in total. The van der Waals surface area contributed by atoms with Crippen LogP contribution in [-0.2, 0) is 4.74 Å². The highest BCUT2D eigenvalue weighted by Gasteiger charge is 2.20. The quantitative estimate of drug-likeness (QED) is 0.838. The third-order valence-corrected chi connectivity index (χ3v) is 4.09. The van der Waals surface area contributed by atoms with Gasteiger partial charge >= 0.3 is 5.97 Å². The van der Waals surface area contributed by atoms with Gasteiger partial charge in [-0.25, -0.2) is 9.78 Å². The fourth-order valence-electron chi connectivity index (χ4n) is 2.39. The van der Waals surface area contributed by atoms with Gasteiger partial charge in [0, 0.05) is 13.1 Å². The molecular formula is C13H21N3O2S. The molecule has 1 aromatic rings. The van der Waals surface area contributed by atoms with E-state index in [4.69, 9.17) is 4.74 Å². The largest absolute Gasteiger partial charge is 0.461 e. The van der Waals surface area contributed by atoms with Gasteiger partial charge in [0.25, 0.3) is 0 Å². The zero-order valence-electron chi connectivity index (χ0n) is 11.5. The van der Waals surface area contributed by atoms with Crippen LogP contribution in [0.5, 0.6) is 0 Å². The average molecular weight is 283 g/mol. The number of anilines is 1. The molecule has 1 atom stereocenters. The number of nitrogens with one attached hydrogen (secondary N) is 1. The first kappa shape index (κ1) is 14.3. The second kappa shape index (κ2) is 6.86. The summed E-state index contributed by atoms with van der Waals surface area (Å²) in [6, 6.07) is 0. The number of aromatic nitrogens is 1. The Morgan fingerprint density at radius 1 is 1.68 bits per heavy atom. The van der Waals surface area contributed by atoms with Crippen LogP contribution in [0.25, 0.3) is 0 Å². The first-order valence-corrected chi connectivity index (χ1v) is 7.61. The topological polar surface area (TPSA) is 54.5 Å². The summed E-state index contributed by atoms with van der Waals surface area (Å²) in [6.07, 6.45) is 2.49. The summed E-state index contributed by atoms with van der Waals surface area (Å²) in [5.74, 6) is 0.294. The van der Waals surface area contributed by atoms with E-state index in [0.29, 0.717) is 18.2 Å². The molecule has 0 saturated carbocycles. The molecule has 1 aromatic heterocycles. The molecule has 106 valence electrons. The zero-order valence-corrected chi connectivity index (χ0v) is 12.3. The van der Waals surface area contributed by atoms with E-state index in [9.17, 15) is 4.79 Å². The standard InChI is InChI=1S/C13H21N3O2S/c1-3-18-13(17)11-12(19-9-15-11)14-7-10-5-4-6-16(2)8-10/h9-10,14H,3-8H2,1-2H3. The van der Waals surface area contributed by atoms with Crippen LogP contribution in [0.3, 0.4) is 0 Å². The molecule has 0 radical (unpaired) electrons. The molecule has 6 heteroatoms. The van der Waals surface area contributed by atoms with E-state index < -0.39 is 0 Å². The monoisotopic (exact) mass is 283 g/mol. The predicted octanol–water partition coefficient (Wildman–Crippen LogP) is 2.07. The highest BCUT2D eigenvalue weighted by molar-refractivity contribution is 7.14. The lowest BCUT2D eigenvalue weighted by Crippen LogP contribution is -2.35. The minimum Gasteiger partial charge on any atom is -0.461 e. The van der Waals surface area contributed by atoms with E-state index in [0.717, 1.165) is 18.1 Å². The minimum atomic E-state index is -0.341. The number of ether oxygens (including phenoxy) is 1. The maximum Gasteiger partial charge on any atom is 0.360 e. The van der Waals surface area contributed by atoms with E-state index in [1.165, 1.54) is 30.7 Å². The molecule has 1 unspecified atom stereocenters. The normalized spacial score (nSPS) is 20.2. The number of carbonyl (C=O) groups excluding carboxylic acids is 1. The van der Waals surface area contributed by atoms with Crippen molar-refractivity contribution in [3.63, 3.8) is 0 Å². The summed E-state index contributed by atoms with van der Waals surface area (Å²) >= 11 is 1.46. The maximum absolute atomic E-state index is 11.7. The number of hydrogen-bond donors (Lipinski definition) is 1. The predicted molar refractivity (Wildman–Crippen MR) is 76.8 cm³/mol. The smallest absolute Gasteiger partial charge is 0.360 e. The molecule has 1 aliphatic rings. The fourth-order valence-corrected chi connectivity index (χ4v) is 3.07. The number of piperidine rings is 1. The van der Waals surface area contributed by atoms with Crippen LogP contribution < -0.4 is 5.32 Å². The van der Waals surface area contributed by atoms with Gasteiger partial charge in [-0.05, 0) is 39.3 Å². The third-order valence-electron chi connectivity index (χ3n) is 3.31. The number of nitrogens with zero attached hydrogens (tertiary/aromatic N) is 2. The summed E-state index contributed by atoms with van der Waals surface area (Å²) < 4.78 is 4.99. The Morgan fingerprint density at radius 3 is 3.26 bits per heavy atom. The Labute approximate surface area is 118 Å². The molecule has 0 aromatic carbocycles. The Morgan fingerprint density at radius 2 is 2.53 bits per heavy atom. The number of carbonyl (C=O) groups is 1. The number of likely N-dealkylation sites (tertiary alicyclic amines) is 1. The molecule has 0 bridgehead atoms. The molecular weight excluding hydrogens is 262 g/mol. The van der Waals surface area contributed by atoms with Crippen molar-refractivity contribution >= 4 is 22.3 Å². The van der Waals surface area contributed by atoms with Gasteiger partial charge in [0.05, 0.1) is 12.1 Å². The Balaban J connectivity index is 1.89. The van der Waals surface area contributed by atoms with E-state index in [-0.39, 0.29) is 5.97 Å². The Hall–Kier alpha value is -1.14. The molecule has 2 rings (SSSR count). The summed E-state index contributed by atoms with van der Waals surface area (Å²) in [4.78, 5) is 18.1. The number of esters is 1. The van der Waals surface area contributed by atoms with Crippen LogP contribution in [0, 0.1) is 5.92 Å². The van der Waals surface area contributed by atoms with Crippen molar-refractivity contribution in [1.82, 2.24) is 9.88 Å². The van der Waals surface area contributed by atoms with E-state index in [1.54, 1.807) is 12.4 Å². The van der Waals surface area contributed by atoms with Gasteiger partial charge in [-0.2, -0.15) is 0 Å². The second-order valence-electron chi connectivity index (χ2n) is 4.90. The summed E-state index contributed by atoms with van der Waals surface area (Å²) in [5.41, 5.74) is 2.10. The van der Waals surface area contributed by atoms with Gasteiger partial charge in [-0.1, -0.05) is 0 Å². The van der Waals surface area contributed by atoms with Gasteiger partial charge in [0.1, 0.15) is 5.00 Å². The lowest BCUT2D eigenvalue weighted by molar-refractivity contribution is 0.0521. The van der Waals surface area contributed by atoms with Crippen molar-refractivity contribution < 1.29 is 9.53 Å². The Kier molecular flexibility index (Phi) is 5.15. The van der Waals surface area contributed by atoms with Gasteiger partial charge in [-0.15, -0.1) is 11.3 Å². The lowest BCUT2D eigenvalue weighted by Gasteiger charge is -2.29. The van der Waals surface area contributed by atoms with Crippen LogP contribution in [0.15, 0.2) is 5.51 Å². The molecule has 2 heterocycles. The van der Waals surface area contributed by atoms with Crippen molar-refractivity contribution in [3.8, 4) is 0 Å². The van der Waals surface area contributed by atoms with E-state index >= 15 is 0 Å². The third kappa shape index (κ3) is 3.91. The molecule has 0 amide bonds. The van der Waals surface area contributed by atoms with Crippen molar-refractivity contribution in [2.45, 2.75) is 19.8 Å². The van der Waals surface area contributed by atoms with Crippen LogP contribution in [0.1, 0.15) is 30.3 Å². The van der Waals surface area contributed by atoms with Crippen molar-refractivity contribution in [2.24, 2.45) is 5.92 Å². The number of hydrogen-bond acceptors (Lipinski definition) is 6. The van der Waals surface area contributed by atoms with Crippen LogP contribution in [-0.4, -0.2) is 49.1 Å². The molecule has 1 aliphatic heterocycles. The van der Waals surface area contributed by atoms with E-state index in [2.05, 4.69) is 22.2 Å². The molecule has 5 nitrogen and oxygen atoms in total. The Bertz CT molecular complexity index is 422. The first-order valence-electron chi connectivity index (χ1n) is 6.73. The minimum absolute atomic E-state index is 0.341. The van der Waals surface area contributed by atoms with Crippen molar-refractivity contribution in [2.75, 3.05) is 38.6 Å². The molecule has 0 spiro atoms. The molecule has 19 heavy (non-hydrogen) atoms. The number of thiazole rings is 1. The van der Waals surface area contributed by atoms with Crippen molar-refractivity contribution in [3.05, 3.63) is 11.2 Å². The second-order valence-corrected chi connectivity index (χ2v) is 5.76. The van der Waals surface area contributed by atoms with Gasteiger partial charge in [-0.3, -0.25) is 0 Å². The molecule has 1 fully saturated rings. The van der Waals surface area contributed by atoms with Crippen LogP contribution in [0.4, 0.5) is 5.00 Å². The summed E-state index contributed by atoms with van der Waals surface area (Å²) in [6.45, 7) is 5.36. The molecule has 1 saturated heterocycles. The highest BCUT2D eigenvalue weighted by Crippen LogP contribution is 2.23. The summed E-state index contributed by atoms with van der Waals surface area (Å²) in [7, 11) is 2.16. The van der Waals surface area contributed by atoms with Gasteiger partial charge in [0.2, 0.25) is 0 Å². The summed E-state index contributed by atoms with van der Waals surface area (Å²) in [5, 5.41) is 4.18. The number of rotatable bonds is 5. The van der Waals surface area contributed by atoms with Gasteiger partial charge < -0.3 is 15.0 Å². The lowest BCUT2D eigenvalue weighted by atomic mass is 9.98. The SMILES string of the molecule is CCOC(=O)c1ncsc1NCC1CCCN(C)C1. The first-order chi connectivity index (χ1) is 9.20. The van der Waals surface area contributed by atoms with Gasteiger partial charge in [0.15, 0.2) is 5.69 Å². The molecule has 0 aliphatic carbocycles. The van der Waals surface area contributed by atoms with Crippen LogP contribution >= 0.6 is 11.3 Å². The van der Waals surface area contributed by atoms with E-state index in [1.807, 2.05) is 0 Å². The van der Waals surface area contributed by atoms with Crippen molar-refractivity contribution in [1.29, 1.82) is 0 Å². The average Bonchev–Trinajstić information content (AvgIpc) is 2.85. The maximum atomic E-state index is 11.7.